The molecule has 1 atom stereocenters. The third kappa shape index (κ3) is 3.91. The van der Waals surface area contributed by atoms with Crippen LogP contribution in [0.2, 0.25) is 0 Å². The highest BCUT2D eigenvalue weighted by molar-refractivity contribution is 4.93. The number of hydrogen-bond acceptors (Lipinski definition) is 2. The smallest absolute Gasteiger partial charge is 0.0643 e. The summed E-state index contributed by atoms with van der Waals surface area (Å²) in [7, 11) is 4.52. The molecule has 0 aromatic rings. The molecule has 0 saturated carbocycles. The second-order valence-electron chi connectivity index (χ2n) is 5.56. The van der Waals surface area contributed by atoms with Gasteiger partial charge in [-0.25, -0.2) is 0 Å². The number of hydrogen-bond donors (Lipinski definition) is 0. The molecule has 0 amide bonds. The first kappa shape index (κ1) is 13.7. The summed E-state index contributed by atoms with van der Waals surface area (Å²) in [5, 5.41) is 0. The van der Waals surface area contributed by atoms with Gasteiger partial charge in [0.25, 0.3) is 0 Å². The van der Waals surface area contributed by atoms with Crippen LogP contribution in [0.1, 0.15) is 40.0 Å². The van der Waals surface area contributed by atoms with E-state index in [-0.39, 0.29) is 0 Å². The molecule has 2 heteroatoms. The van der Waals surface area contributed by atoms with E-state index in [1.54, 1.807) is 0 Å². The van der Waals surface area contributed by atoms with Gasteiger partial charge in [-0.3, -0.25) is 9.80 Å². The largest absolute Gasteiger partial charge is 0.291 e. The first-order chi connectivity index (χ1) is 7.52. The summed E-state index contributed by atoms with van der Waals surface area (Å²) in [6.45, 7) is 9.26. The molecule has 16 heavy (non-hydrogen) atoms. The van der Waals surface area contributed by atoms with Crippen LogP contribution in [0.4, 0.5) is 0 Å². The fourth-order valence-corrected chi connectivity index (χ4v) is 2.82. The van der Waals surface area contributed by atoms with Crippen molar-refractivity contribution in [2.24, 2.45) is 5.92 Å². The van der Waals surface area contributed by atoms with E-state index in [0.29, 0.717) is 6.17 Å². The molecular weight excluding hydrogens is 196 g/mol. The zero-order valence-electron chi connectivity index (χ0n) is 11.7. The van der Waals surface area contributed by atoms with Gasteiger partial charge in [0.05, 0.1) is 6.17 Å². The maximum Gasteiger partial charge on any atom is 0.0643 e. The van der Waals surface area contributed by atoms with E-state index in [9.17, 15) is 0 Å². The third-order valence-corrected chi connectivity index (χ3v) is 3.61. The molecule has 0 bridgehead atoms. The Bertz CT molecular complexity index is 221. The number of allylic oxidation sites excluding steroid dienone is 2. The van der Waals surface area contributed by atoms with Crippen molar-refractivity contribution in [3.8, 4) is 0 Å². The van der Waals surface area contributed by atoms with E-state index in [4.69, 9.17) is 0 Å². The Labute approximate surface area is 101 Å². The maximum absolute atomic E-state index is 2.51. The average molecular weight is 224 g/mol. The van der Waals surface area contributed by atoms with Crippen LogP contribution in [-0.4, -0.2) is 43.2 Å². The van der Waals surface area contributed by atoms with Crippen LogP contribution in [0.5, 0.6) is 0 Å². The van der Waals surface area contributed by atoms with Crippen molar-refractivity contribution in [1.82, 2.24) is 9.80 Å². The highest BCUT2D eigenvalue weighted by Crippen LogP contribution is 2.22. The van der Waals surface area contributed by atoms with Gasteiger partial charge in [0.15, 0.2) is 0 Å². The molecule has 1 aliphatic heterocycles. The predicted octanol–water partition coefficient (Wildman–Crippen LogP) is 2.96. The van der Waals surface area contributed by atoms with Gasteiger partial charge in [-0.15, -0.1) is 0 Å². The minimum Gasteiger partial charge on any atom is -0.291 e. The maximum atomic E-state index is 2.51. The SMILES string of the molecule is CC(C)=CCCC(C)C1N(C)CCCN1C. The van der Waals surface area contributed by atoms with Crippen LogP contribution in [-0.2, 0) is 0 Å². The van der Waals surface area contributed by atoms with Gasteiger partial charge in [0.2, 0.25) is 0 Å². The van der Waals surface area contributed by atoms with E-state index in [0.717, 1.165) is 5.92 Å². The minimum absolute atomic E-state index is 0.638. The summed E-state index contributed by atoms with van der Waals surface area (Å²) < 4.78 is 0. The zero-order chi connectivity index (χ0) is 12.1. The lowest BCUT2D eigenvalue weighted by atomic mass is 9.98. The van der Waals surface area contributed by atoms with Gasteiger partial charge in [0, 0.05) is 13.1 Å². The molecule has 1 unspecified atom stereocenters. The summed E-state index contributed by atoms with van der Waals surface area (Å²) in [5.41, 5.74) is 1.44. The molecule has 0 aromatic carbocycles. The predicted molar refractivity (Wildman–Crippen MR) is 71.5 cm³/mol. The highest BCUT2D eigenvalue weighted by Gasteiger charge is 2.28. The summed E-state index contributed by atoms with van der Waals surface area (Å²) in [6, 6.07) is 0. The molecule has 0 N–H and O–H groups in total. The summed E-state index contributed by atoms with van der Waals surface area (Å²) >= 11 is 0. The lowest BCUT2D eigenvalue weighted by Gasteiger charge is -2.43. The van der Waals surface area contributed by atoms with Crippen LogP contribution in [0.3, 0.4) is 0 Å². The topological polar surface area (TPSA) is 6.48 Å². The van der Waals surface area contributed by atoms with Crippen molar-refractivity contribution in [3.05, 3.63) is 11.6 Å². The Morgan fingerprint density at radius 1 is 1.25 bits per heavy atom. The Kier molecular flexibility index (Phi) is 5.50. The normalized spacial score (nSPS) is 22.1. The highest BCUT2D eigenvalue weighted by atomic mass is 15.4. The second-order valence-corrected chi connectivity index (χ2v) is 5.56. The quantitative estimate of drug-likeness (QED) is 0.677. The Morgan fingerprint density at radius 3 is 2.31 bits per heavy atom. The molecule has 0 radical (unpaired) electrons. The molecule has 1 fully saturated rings. The summed E-state index contributed by atoms with van der Waals surface area (Å²) in [4.78, 5) is 5.02. The molecule has 2 nitrogen and oxygen atoms in total. The lowest BCUT2D eigenvalue weighted by Crippen LogP contribution is -2.53. The summed E-state index contributed by atoms with van der Waals surface area (Å²) in [5.74, 6) is 0.755. The van der Waals surface area contributed by atoms with Gasteiger partial charge < -0.3 is 0 Å². The van der Waals surface area contributed by atoms with Crippen LogP contribution in [0.15, 0.2) is 11.6 Å². The molecule has 0 aromatic heterocycles. The minimum atomic E-state index is 0.638. The molecule has 1 aliphatic rings. The summed E-state index contributed by atoms with van der Waals surface area (Å²) in [6.07, 6.45) is 6.83. The second kappa shape index (κ2) is 6.41. The van der Waals surface area contributed by atoms with Gasteiger partial charge >= 0.3 is 0 Å². The van der Waals surface area contributed by atoms with Crippen LogP contribution >= 0.6 is 0 Å². The number of nitrogens with zero attached hydrogens (tertiary/aromatic N) is 2. The first-order valence-electron chi connectivity index (χ1n) is 6.56. The van der Waals surface area contributed by atoms with Crippen LogP contribution in [0, 0.1) is 5.92 Å². The van der Waals surface area contributed by atoms with E-state index in [2.05, 4.69) is 50.7 Å². The monoisotopic (exact) mass is 224 g/mol. The lowest BCUT2D eigenvalue weighted by molar-refractivity contribution is 0.00321. The zero-order valence-corrected chi connectivity index (χ0v) is 11.7. The van der Waals surface area contributed by atoms with Crippen molar-refractivity contribution < 1.29 is 0 Å². The van der Waals surface area contributed by atoms with Crippen molar-refractivity contribution in [2.75, 3.05) is 27.2 Å². The van der Waals surface area contributed by atoms with Crippen LogP contribution < -0.4 is 0 Å². The van der Waals surface area contributed by atoms with E-state index < -0.39 is 0 Å². The van der Waals surface area contributed by atoms with Crippen molar-refractivity contribution >= 4 is 0 Å². The Morgan fingerprint density at radius 2 is 1.81 bits per heavy atom. The van der Waals surface area contributed by atoms with Gasteiger partial charge in [0.1, 0.15) is 0 Å². The van der Waals surface area contributed by atoms with E-state index >= 15 is 0 Å². The first-order valence-corrected chi connectivity index (χ1v) is 6.56. The molecule has 0 spiro atoms. The van der Waals surface area contributed by atoms with Gasteiger partial charge in [-0.2, -0.15) is 0 Å². The van der Waals surface area contributed by atoms with Crippen molar-refractivity contribution in [3.63, 3.8) is 0 Å². The Balaban J connectivity index is 2.44. The van der Waals surface area contributed by atoms with Gasteiger partial charge in [-0.05, 0) is 53.1 Å². The fraction of sp³-hybridized carbons (Fsp3) is 0.857. The van der Waals surface area contributed by atoms with Gasteiger partial charge in [-0.1, -0.05) is 18.6 Å². The molecule has 94 valence electrons. The van der Waals surface area contributed by atoms with Crippen LogP contribution in [0.25, 0.3) is 0 Å². The van der Waals surface area contributed by atoms with E-state index in [1.807, 2.05) is 0 Å². The number of rotatable bonds is 4. The van der Waals surface area contributed by atoms with E-state index in [1.165, 1.54) is 37.9 Å². The molecular formula is C14H28N2. The van der Waals surface area contributed by atoms with Crippen molar-refractivity contribution in [2.45, 2.75) is 46.2 Å². The third-order valence-electron chi connectivity index (χ3n) is 3.61. The Hall–Kier alpha value is -0.340. The fourth-order valence-electron chi connectivity index (χ4n) is 2.82. The molecule has 1 heterocycles. The molecule has 1 saturated heterocycles. The molecule has 0 aliphatic carbocycles. The van der Waals surface area contributed by atoms with Crippen molar-refractivity contribution in [1.29, 1.82) is 0 Å². The molecule has 1 rings (SSSR count). The average Bonchev–Trinajstić information content (AvgIpc) is 2.16. The standard InChI is InChI=1S/C14H28N2/c1-12(2)8-6-9-13(3)14-15(4)10-7-11-16(14)5/h8,13-14H,6-7,9-11H2,1-5H3.